The molecule has 0 amide bonds. The molecule has 3 nitrogen and oxygen atoms in total. The summed E-state index contributed by atoms with van der Waals surface area (Å²) in [6.45, 7) is 4.76. The summed E-state index contributed by atoms with van der Waals surface area (Å²) < 4.78 is 0. The Labute approximate surface area is 159 Å². The second-order valence-corrected chi connectivity index (χ2v) is 10.5. The van der Waals surface area contributed by atoms with Crippen molar-refractivity contribution in [1.29, 1.82) is 0 Å². The van der Waals surface area contributed by atoms with E-state index in [4.69, 9.17) is 0 Å². The van der Waals surface area contributed by atoms with E-state index in [0.717, 1.165) is 55.6 Å². The molecule has 4 saturated carbocycles. The molecule has 0 radical (unpaired) electrons. The number of rotatable bonds is 4. The predicted octanol–water partition coefficient (Wildman–Crippen LogP) is 3.49. The topological polar surface area (TPSA) is 44.3 Å². The Bertz CT molecular complexity index is 589. The molecule has 5 aliphatic carbocycles. The van der Waals surface area contributed by atoms with E-state index in [1.165, 1.54) is 44.9 Å². The van der Waals surface area contributed by atoms with Crippen LogP contribution in [0.25, 0.3) is 0 Å². The van der Waals surface area contributed by atoms with Crippen molar-refractivity contribution < 1.29 is 5.11 Å². The van der Waals surface area contributed by atoms with Gasteiger partial charge in [0.25, 0.3) is 0 Å². The zero-order chi connectivity index (χ0) is 17.9. The van der Waals surface area contributed by atoms with Crippen molar-refractivity contribution >= 4 is 0 Å². The van der Waals surface area contributed by atoms with Gasteiger partial charge in [0, 0.05) is 19.1 Å². The molecule has 4 fully saturated rings. The minimum Gasteiger partial charge on any atom is -0.393 e. The summed E-state index contributed by atoms with van der Waals surface area (Å²) in [7, 11) is 2.05. The fourth-order valence-electron chi connectivity index (χ4n) is 8.49. The van der Waals surface area contributed by atoms with Gasteiger partial charge in [0.05, 0.1) is 6.10 Å². The summed E-state index contributed by atoms with van der Waals surface area (Å²) in [4.78, 5) is 0. The highest BCUT2D eigenvalue weighted by molar-refractivity contribution is 5.27. The first-order chi connectivity index (χ1) is 12.6. The number of aliphatic hydroxyl groups excluding tert-OH is 1. The van der Waals surface area contributed by atoms with Gasteiger partial charge in [-0.2, -0.15) is 0 Å². The van der Waals surface area contributed by atoms with Gasteiger partial charge in [0.15, 0.2) is 0 Å². The van der Waals surface area contributed by atoms with Gasteiger partial charge in [-0.1, -0.05) is 18.6 Å². The highest BCUT2D eigenvalue weighted by Gasteiger charge is 2.66. The third-order valence-electron chi connectivity index (χ3n) is 9.73. The van der Waals surface area contributed by atoms with E-state index in [0.29, 0.717) is 10.8 Å². The van der Waals surface area contributed by atoms with Gasteiger partial charge < -0.3 is 15.7 Å². The smallest absolute Gasteiger partial charge is 0.0577 e. The molecule has 26 heavy (non-hydrogen) atoms. The zero-order valence-electron chi connectivity index (χ0n) is 16.8. The molecule has 5 unspecified atom stereocenters. The molecule has 0 aromatic heterocycles. The molecular formula is C23H38N2O. The SMILES string of the molecule is CNCCN[C@H]1C[C@]23CCC4C(CC=C5CC(O)CC[C@@]54C)C2CCC13. The van der Waals surface area contributed by atoms with Gasteiger partial charge in [0.2, 0.25) is 0 Å². The van der Waals surface area contributed by atoms with Gasteiger partial charge in [-0.3, -0.25) is 0 Å². The summed E-state index contributed by atoms with van der Waals surface area (Å²) >= 11 is 0. The molecule has 3 heteroatoms. The Morgan fingerprint density at radius 1 is 1.08 bits per heavy atom. The molecule has 146 valence electrons. The lowest BCUT2D eigenvalue weighted by Crippen LogP contribution is -2.62. The highest BCUT2D eigenvalue weighted by Crippen LogP contribution is 2.71. The maximum Gasteiger partial charge on any atom is 0.0577 e. The summed E-state index contributed by atoms with van der Waals surface area (Å²) in [6, 6.07) is 0.792. The second kappa shape index (κ2) is 6.32. The fourth-order valence-corrected chi connectivity index (χ4v) is 8.49. The van der Waals surface area contributed by atoms with Crippen LogP contribution in [0, 0.1) is 34.5 Å². The van der Waals surface area contributed by atoms with E-state index in [2.05, 4.69) is 23.6 Å². The van der Waals surface area contributed by atoms with Crippen LogP contribution in [0.1, 0.15) is 64.7 Å². The third-order valence-corrected chi connectivity index (χ3v) is 9.73. The van der Waals surface area contributed by atoms with Gasteiger partial charge in [-0.25, -0.2) is 0 Å². The first-order valence-corrected chi connectivity index (χ1v) is 11.3. The molecule has 0 aliphatic heterocycles. The van der Waals surface area contributed by atoms with E-state index in [-0.39, 0.29) is 6.10 Å². The van der Waals surface area contributed by atoms with Crippen LogP contribution in [0.2, 0.25) is 0 Å². The van der Waals surface area contributed by atoms with Crippen LogP contribution in [0.4, 0.5) is 0 Å². The monoisotopic (exact) mass is 358 g/mol. The van der Waals surface area contributed by atoms with Crippen LogP contribution in [-0.4, -0.2) is 37.4 Å². The van der Waals surface area contributed by atoms with Gasteiger partial charge >= 0.3 is 0 Å². The van der Waals surface area contributed by atoms with Crippen LogP contribution in [0.3, 0.4) is 0 Å². The van der Waals surface area contributed by atoms with Crippen molar-refractivity contribution in [1.82, 2.24) is 10.6 Å². The molecule has 0 aromatic carbocycles. The van der Waals surface area contributed by atoms with Gasteiger partial charge in [-0.05, 0) is 99.3 Å². The maximum absolute atomic E-state index is 10.2. The minimum absolute atomic E-state index is 0.0762. The van der Waals surface area contributed by atoms with E-state index < -0.39 is 0 Å². The summed E-state index contributed by atoms with van der Waals surface area (Å²) in [5.41, 5.74) is 2.70. The van der Waals surface area contributed by atoms with Crippen molar-refractivity contribution in [2.75, 3.05) is 20.1 Å². The molecule has 0 aromatic rings. The van der Waals surface area contributed by atoms with Crippen LogP contribution in [0.15, 0.2) is 11.6 Å². The van der Waals surface area contributed by atoms with Crippen molar-refractivity contribution in [3.05, 3.63) is 11.6 Å². The molecule has 5 aliphatic rings. The van der Waals surface area contributed by atoms with E-state index >= 15 is 0 Å². The van der Waals surface area contributed by atoms with E-state index in [1.54, 1.807) is 5.57 Å². The summed E-state index contributed by atoms with van der Waals surface area (Å²) in [5, 5.41) is 17.3. The van der Waals surface area contributed by atoms with Gasteiger partial charge in [0.1, 0.15) is 0 Å². The van der Waals surface area contributed by atoms with Crippen LogP contribution < -0.4 is 10.6 Å². The molecule has 0 bridgehead atoms. The lowest BCUT2D eigenvalue weighted by Gasteiger charge is -2.63. The highest BCUT2D eigenvalue weighted by atomic mass is 16.3. The lowest BCUT2D eigenvalue weighted by atomic mass is 9.42. The average Bonchev–Trinajstić information content (AvgIpc) is 2.92. The van der Waals surface area contributed by atoms with Crippen molar-refractivity contribution in [2.45, 2.75) is 76.9 Å². The standard InChI is InChI=1S/C23H38N2O/c1-22-9-7-16(26)13-15(22)3-4-17-18(22)8-10-23-14-21(25-12-11-24-2)20(23)6-5-19(17)23/h3,16-21,24-26H,4-14H2,1-2H3/t16?,17?,18?,19?,20?,21-,22-,23+/m0/s1. The van der Waals surface area contributed by atoms with Gasteiger partial charge in [-0.15, -0.1) is 0 Å². The number of fused-ring (bicyclic) bond motifs is 4. The molecule has 0 saturated heterocycles. The first kappa shape index (κ1) is 17.7. The van der Waals surface area contributed by atoms with Crippen molar-refractivity contribution in [2.24, 2.45) is 34.5 Å². The second-order valence-electron chi connectivity index (χ2n) is 10.5. The Morgan fingerprint density at radius 2 is 1.92 bits per heavy atom. The van der Waals surface area contributed by atoms with Crippen LogP contribution >= 0.6 is 0 Å². The number of nitrogens with one attached hydrogen (secondary N) is 2. The fraction of sp³-hybridized carbons (Fsp3) is 0.913. The molecule has 5 rings (SSSR count). The Balaban J connectivity index is 1.33. The molecule has 1 spiro atoms. The molecular weight excluding hydrogens is 320 g/mol. The zero-order valence-corrected chi connectivity index (χ0v) is 16.8. The van der Waals surface area contributed by atoms with Crippen LogP contribution in [-0.2, 0) is 0 Å². The van der Waals surface area contributed by atoms with Crippen LogP contribution in [0.5, 0.6) is 0 Å². The molecule has 3 N–H and O–H groups in total. The molecule has 8 atom stereocenters. The summed E-state index contributed by atoms with van der Waals surface area (Å²) in [6.07, 6.45) is 14.3. The number of likely N-dealkylation sites (N-methyl/N-ethyl adjacent to an activating group) is 1. The largest absolute Gasteiger partial charge is 0.393 e. The van der Waals surface area contributed by atoms with E-state index in [9.17, 15) is 5.11 Å². The Hall–Kier alpha value is -0.380. The summed E-state index contributed by atoms with van der Waals surface area (Å²) in [5.74, 6) is 3.75. The van der Waals surface area contributed by atoms with E-state index in [1.807, 2.05) is 7.05 Å². The van der Waals surface area contributed by atoms with Crippen molar-refractivity contribution in [3.63, 3.8) is 0 Å². The number of allylic oxidation sites excluding steroid dienone is 1. The Kier molecular flexibility index (Phi) is 4.30. The Morgan fingerprint density at radius 3 is 2.77 bits per heavy atom. The number of aliphatic hydroxyl groups is 1. The molecule has 0 heterocycles. The quantitative estimate of drug-likeness (QED) is 0.532. The number of hydrogen-bond donors (Lipinski definition) is 3. The lowest BCUT2D eigenvalue weighted by molar-refractivity contribution is -0.114. The maximum atomic E-state index is 10.2. The third kappa shape index (κ3) is 2.36. The van der Waals surface area contributed by atoms with Crippen molar-refractivity contribution in [3.8, 4) is 0 Å². The average molecular weight is 359 g/mol. The predicted molar refractivity (Wildman–Crippen MR) is 106 cm³/mol. The minimum atomic E-state index is -0.0762. The normalized spacial score (nSPS) is 52.2. The number of hydrogen-bond acceptors (Lipinski definition) is 3. The first-order valence-electron chi connectivity index (χ1n) is 11.3.